The van der Waals surface area contributed by atoms with Crippen molar-refractivity contribution in [1.82, 2.24) is 20.4 Å². The SMILES string of the molecule is CC(=O)N[C@@H](C)C(=O)NCc1cn(Cc2ccccc2)nc1-c1ccccc1. The van der Waals surface area contributed by atoms with Crippen LogP contribution in [0.1, 0.15) is 25.0 Å². The number of aromatic nitrogens is 2. The molecular weight excluding hydrogens is 352 g/mol. The topological polar surface area (TPSA) is 76.0 Å². The summed E-state index contributed by atoms with van der Waals surface area (Å²) in [6.07, 6.45) is 1.96. The summed E-state index contributed by atoms with van der Waals surface area (Å²) in [4.78, 5) is 23.4. The molecule has 3 rings (SSSR count). The standard InChI is InChI=1S/C22H24N4O2/c1-16(24-17(2)27)22(28)23-13-20-15-26(14-18-9-5-3-6-10-18)25-21(20)19-11-7-4-8-12-19/h3-12,15-16H,13-14H2,1-2H3,(H,23,28)(H,24,27)/t16-/m0/s1. The number of hydrogen-bond acceptors (Lipinski definition) is 3. The van der Waals surface area contributed by atoms with E-state index in [1.807, 2.05) is 59.4 Å². The van der Waals surface area contributed by atoms with Gasteiger partial charge >= 0.3 is 0 Å². The molecule has 0 bridgehead atoms. The number of amides is 2. The molecule has 2 N–H and O–H groups in total. The molecule has 28 heavy (non-hydrogen) atoms. The lowest BCUT2D eigenvalue weighted by atomic mass is 10.1. The number of carbonyl (C=O) groups is 2. The summed E-state index contributed by atoms with van der Waals surface area (Å²) in [6, 6.07) is 19.4. The second kappa shape index (κ2) is 8.99. The van der Waals surface area contributed by atoms with E-state index in [2.05, 4.69) is 22.8 Å². The first-order valence-electron chi connectivity index (χ1n) is 9.23. The lowest BCUT2D eigenvalue weighted by molar-refractivity contribution is -0.127. The summed E-state index contributed by atoms with van der Waals surface area (Å²) in [5.74, 6) is -0.465. The number of rotatable bonds is 7. The highest BCUT2D eigenvalue weighted by Gasteiger charge is 2.16. The second-order valence-electron chi connectivity index (χ2n) is 6.69. The second-order valence-corrected chi connectivity index (χ2v) is 6.69. The van der Waals surface area contributed by atoms with Gasteiger partial charge in [0.25, 0.3) is 0 Å². The van der Waals surface area contributed by atoms with E-state index in [1.165, 1.54) is 6.92 Å². The van der Waals surface area contributed by atoms with E-state index >= 15 is 0 Å². The third kappa shape index (κ3) is 5.07. The van der Waals surface area contributed by atoms with Crippen LogP contribution in [-0.4, -0.2) is 27.6 Å². The molecule has 0 spiro atoms. The van der Waals surface area contributed by atoms with E-state index in [0.29, 0.717) is 13.1 Å². The first kappa shape index (κ1) is 19.4. The van der Waals surface area contributed by atoms with Crippen molar-refractivity contribution >= 4 is 11.8 Å². The maximum atomic E-state index is 12.2. The number of benzene rings is 2. The van der Waals surface area contributed by atoms with Crippen LogP contribution in [0.25, 0.3) is 11.3 Å². The molecule has 0 fully saturated rings. The van der Waals surface area contributed by atoms with Crippen LogP contribution in [0.3, 0.4) is 0 Å². The molecule has 1 aromatic heterocycles. The van der Waals surface area contributed by atoms with Crippen molar-refractivity contribution in [3.63, 3.8) is 0 Å². The maximum absolute atomic E-state index is 12.2. The Morgan fingerprint density at radius 2 is 1.68 bits per heavy atom. The molecule has 0 saturated heterocycles. The van der Waals surface area contributed by atoms with Crippen molar-refractivity contribution in [1.29, 1.82) is 0 Å². The predicted molar refractivity (Wildman–Crippen MR) is 108 cm³/mol. The molecular formula is C22H24N4O2. The van der Waals surface area contributed by atoms with Gasteiger partial charge in [0, 0.05) is 30.8 Å². The summed E-state index contributed by atoms with van der Waals surface area (Å²) in [6.45, 7) is 4.04. The largest absolute Gasteiger partial charge is 0.350 e. The minimum Gasteiger partial charge on any atom is -0.350 e. The van der Waals surface area contributed by atoms with Crippen molar-refractivity contribution in [3.05, 3.63) is 78.0 Å². The number of hydrogen-bond donors (Lipinski definition) is 2. The normalized spacial score (nSPS) is 11.6. The van der Waals surface area contributed by atoms with Crippen molar-refractivity contribution in [2.24, 2.45) is 0 Å². The van der Waals surface area contributed by atoms with E-state index in [1.54, 1.807) is 6.92 Å². The summed E-state index contributed by atoms with van der Waals surface area (Å²) < 4.78 is 1.89. The zero-order valence-electron chi connectivity index (χ0n) is 16.1. The lowest BCUT2D eigenvalue weighted by Gasteiger charge is -2.12. The average Bonchev–Trinajstić information content (AvgIpc) is 3.09. The molecule has 6 nitrogen and oxygen atoms in total. The quantitative estimate of drug-likeness (QED) is 0.666. The van der Waals surface area contributed by atoms with Gasteiger partial charge in [-0.05, 0) is 12.5 Å². The fourth-order valence-corrected chi connectivity index (χ4v) is 2.99. The van der Waals surface area contributed by atoms with E-state index in [-0.39, 0.29) is 11.8 Å². The molecule has 3 aromatic rings. The zero-order chi connectivity index (χ0) is 19.9. The molecule has 0 aliphatic heterocycles. The molecule has 0 aliphatic carbocycles. The Bertz CT molecular complexity index is 936. The Morgan fingerprint density at radius 1 is 1.04 bits per heavy atom. The molecule has 144 valence electrons. The van der Waals surface area contributed by atoms with Crippen LogP contribution >= 0.6 is 0 Å². The van der Waals surface area contributed by atoms with Crippen LogP contribution in [0.4, 0.5) is 0 Å². The Morgan fingerprint density at radius 3 is 2.32 bits per heavy atom. The van der Waals surface area contributed by atoms with Gasteiger partial charge in [-0.25, -0.2) is 0 Å². The van der Waals surface area contributed by atoms with Gasteiger partial charge in [0.15, 0.2) is 0 Å². The first-order chi connectivity index (χ1) is 13.5. The first-order valence-corrected chi connectivity index (χ1v) is 9.23. The minimum atomic E-state index is -0.586. The van der Waals surface area contributed by atoms with Crippen molar-refractivity contribution < 1.29 is 9.59 Å². The Labute approximate surface area is 164 Å². The van der Waals surface area contributed by atoms with Crippen LogP contribution in [-0.2, 0) is 22.7 Å². The number of carbonyl (C=O) groups excluding carboxylic acids is 2. The van der Waals surface area contributed by atoms with Crippen molar-refractivity contribution in [2.75, 3.05) is 0 Å². The Kier molecular flexibility index (Phi) is 6.22. The van der Waals surface area contributed by atoms with E-state index in [9.17, 15) is 9.59 Å². The average molecular weight is 376 g/mol. The third-order valence-electron chi connectivity index (χ3n) is 4.34. The van der Waals surface area contributed by atoms with Gasteiger partial charge < -0.3 is 10.6 Å². The fraction of sp³-hybridized carbons (Fsp3) is 0.227. The van der Waals surface area contributed by atoms with Crippen LogP contribution in [0.2, 0.25) is 0 Å². The predicted octanol–water partition coefficient (Wildman–Crippen LogP) is 2.74. The van der Waals surface area contributed by atoms with Crippen LogP contribution in [0, 0.1) is 0 Å². The third-order valence-corrected chi connectivity index (χ3v) is 4.34. The van der Waals surface area contributed by atoms with Crippen LogP contribution in [0.15, 0.2) is 66.9 Å². The summed E-state index contributed by atoms with van der Waals surface area (Å²) in [5, 5.41) is 10.2. The van der Waals surface area contributed by atoms with Crippen LogP contribution in [0.5, 0.6) is 0 Å². The molecule has 2 amide bonds. The van der Waals surface area contributed by atoms with Gasteiger partial charge in [0.05, 0.1) is 12.2 Å². The van der Waals surface area contributed by atoms with Gasteiger partial charge in [-0.1, -0.05) is 60.7 Å². The summed E-state index contributed by atoms with van der Waals surface area (Å²) in [7, 11) is 0. The zero-order valence-corrected chi connectivity index (χ0v) is 16.1. The highest BCUT2D eigenvalue weighted by atomic mass is 16.2. The fourth-order valence-electron chi connectivity index (χ4n) is 2.99. The van der Waals surface area contributed by atoms with Crippen molar-refractivity contribution in [2.45, 2.75) is 33.0 Å². The minimum absolute atomic E-state index is 0.231. The van der Waals surface area contributed by atoms with Gasteiger partial charge in [-0.15, -0.1) is 0 Å². The highest BCUT2D eigenvalue weighted by Crippen LogP contribution is 2.22. The summed E-state index contributed by atoms with van der Waals surface area (Å²) in [5.41, 5.74) is 3.91. The molecule has 2 aromatic carbocycles. The van der Waals surface area contributed by atoms with E-state index < -0.39 is 6.04 Å². The molecule has 0 unspecified atom stereocenters. The number of nitrogens with one attached hydrogen (secondary N) is 2. The lowest BCUT2D eigenvalue weighted by Crippen LogP contribution is -2.43. The molecule has 0 radical (unpaired) electrons. The van der Waals surface area contributed by atoms with Gasteiger partial charge in [-0.3, -0.25) is 14.3 Å². The van der Waals surface area contributed by atoms with Crippen molar-refractivity contribution in [3.8, 4) is 11.3 Å². The monoisotopic (exact) mass is 376 g/mol. The van der Waals surface area contributed by atoms with Gasteiger partial charge in [0.1, 0.15) is 6.04 Å². The molecule has 0 aliphatic rings. The Hall–Kier alpha value is -3.41. The number of nitrogens with zero attached hydrogens (tertiary/aromatic N) is 2. The molecule has 1 atom stereocenters. The molecule has 0 saturated carbocycles. The smallest absolute Gasteiger partial charge is 0.242 e. The summed E-state index contributed by atoms with van der Waals surface area (Å²) >= 11 is 0. The molecule has 1 heterocycles. The van der Waals surface area contributed by atoms with Gasteiger partial charge in [0.2, 0.25) is 11.8 Å². The molecule has 6 heteroatoms. The van der Waals surface area contributed by atoms with Gasteiger partial charge in [-0.2, -0.15) is 5.10 Å². The van der Waals surface area contributed by atoms with E-state index in [0.717, 1.165) is 22.4 Å². The Balaban J connectivity index is 1.80. The maximum Gasteiger partial charge on any atom is 0.242 e. The van der Waals surface area contributed by atoms with Crippen LogP contribution < -0.4 is 10.6 Å². The highest BCUT2D eigenvalue weighted by molar-refractivity contribution is 5.86. The van der Waals surface area contributed by atoms with E-state index in [4.69, 9.17) is 5.10 Å².